The van der Waals surface area contributed by atoms with Crippen molar-refractivity contribution in [1.82, 2.24) is 4.90 Å². The highest BCUT2D eigenvalue weighted by Crippen LogP contribution is 2.31. The van der Waals surface area contributed by atoms with E-state index in [4.69, 9.17) is 14.2 Å². The van der Waals surface area contributed by atoms with E-state index >= 15 is 0 Å². The summed E-state index contributed by atoms with van der Waals surface area (Å²) in [5.74, 6) is 1.80. The molecule has 0 spiro atoms. The van der Waals surface area contributed by atoms with Crippen LogP contribution in [0.25, 0.3) is 0 Å². The van der Waals surface area contributed by atoms with Crippen LogP contribution in [0.3, 0.4) is 0 Å². The van der Waals surface area contributed by atoms with Crippen LogP contribution < -0.4 is 9.47 Å². The lowest BCUT2D eigenvalue weighted by atomic mass is 9.99. The molecule has 0 amide bonds. The molecule has 23 heavy (non-hydrogen) atoms. The van der Waals surface area contributed by atoms with Crippen molar-refractivity contribution in [1.29, 1.82) is 0 Å². The highest BCUT2D eigenvalue weighted by Gasteiger charge is 2.21. The minimum Gasteiger partial charge on any atom is -0.486 e. The first kappa shape index (κ1) is 16.1. The summed E-state index contributed by atoms with van der Waals surface area (Å²) >= 11 is 0. The summed E-state index contributed by atoms with van der Waals surface area (Å²) in [7, 11) is 0. The molecule has 2 heterocycles. The number of nitrogens with zero attached hydrogens (tertiary/aromatic N) is 1. The summed E-state index contributed by atoms with van der Waals surface area (Å²) < 4.78 is 16.6. The normalized spacial score (nSPS) is 20.1. The van der Waals surface area contributed by atoms with E-state index < -0.39 is 0 Å². The number of piperidine rings is 1. The Bertz CT molecular complexity index is 552. The first-order valence-electron chi connectivity index (χ1n) is 8.45. The van der Waals surface area contributed by atoms with Crippen LogP contribution >= 0.6 is 0 Å². The topological polar surface area (TPSA) is 48.0 Å². The van der Waals surface area contributed by atoms with Gasteiger partial charge in [-0.1, -0.05) is 6.92 Å². The van der Waals surface area contributed by atoms with E-state index in [0.717, 1.165) is 25.6 Å². The predicted octanol–water partition coefficient (Wildman–Crippen LogP) is 2.74. The van der Waals surface area contributed by atoms with Gasteiger partial charge in [-0.05, 0) is 57.0 Å². The van der Waals surface area contributed by atoms with E-state index in [-0.39, 0.29) is 12.1 Å². The zero-order chi connectivity index (χ0) is 16.2. The molecule has 1 saturated heterocycles. The summed E-state index contributed by atoms with van der Waals surface area (Å²) in [4.78, 5) is 14.7. The molecule has 2 aliphatic rings. The van der Waals surface area contributed by atoms with Crippen molar-refractivity contribution in [2.75, 3.05) is 32.8 Å². The number of likely N-dealkylation sites (tertiary alicyclic amines) is 1. The molecule has 0 saturated carbocycles. The predicted molar refractivity (Wildman–Crippen MR) is 87.1 cm³/mol. The molecular weight excluding hydrogens is 294 g/mol. The average Bonchev–Trinajstić information content (AvgIpc) is 2.56. The first-order valence-corrected chi connectivity index (χ1v) is 8.45. The van der Waals surface area contributed by atoms with Crippen molar-refractivity contribution in [3.63, 3.8) is 0 Å². The van der Waals surface area contributed by atoms with Crippen LogP contribution in [0.5, 0.6) is 11.5 Å². The molecule has 1 aromatic carbocycles. The molecule has 3 rings (SSSR count). The molecule has 1 atom stereocenters. The van der Waals surface area contributed by atoms with Gasteiger partial charge in [-0.3, -0.25) is 4.90 Å². The largest absolute Gasteiger partial charge is 0.486 e. The quantitative estimate of drug-likeness (QED) is 0.799. The number of benzene rings is 1. The van der Waals surface area contributed by atoms with E-state index in [0.29, 0.717) is 30.3 Å². The Morgan fingerprint density at radius 3 is 2.70 bits per heavy atom. The molecule has 0 aliphatic carbocycles. The lowest BCUT2D eigenvalue weighted by Crippen LogP contribution is -2.38. The van der Waals surface area contributed by atoms with E-state index in [9.17, 15) is 4.79 Å². The van der Waals surface area contributed by atoms with Gasteiger partial charge < -0.3 is 14.2 Å². The second-order valence-electron chi connectivity index (χ2n) is 6.56. The fraction of sp³-hybridized carbons (Fsp3) is 0.611. The fourth-order valence-corrected chi connectivity index (χ4v) is 3.07. The van der Waals surface area contributed by atoms with Gasteiger partial charge in [-0.15, -0.1) is 0 Å². The van der Waals surface area contributed by atoms with Crippen molar-refractivity contribution in [3.05, 3.63) is 23.8 Å². The van der Waals surface area contributed by atoms with Crippen LogP contribution in [0.2, 0.25) is 0 Å². The van der Waals surface area contributed by atoms with Gasteiger partial charge >= 0.3 is 5.97 Å². The highest BCUT2D eigenvalue weighted by molar-refractivity contribution is 5.90. The Morgan fingerprint density at radius 2 is 1.96 bits per heavy atom. The standard InChI is InChI=1S/C18H25NO4/c1-13-5-7-19(8-6-13)12-14(2)23-18(20)15-3-4-16-17(11-15)22-10-9-21-16/h3-4,11,13-14H,5-10,12H2,1-2H3/t14-/m0/s1. The van der Waals surface area contributed by atoms with E-state index in [1.165, 1.54) is 12.8 Å². The molecule has 1 aromatic rings. The Hall–Kier alpha value is -1.75. The van der Waals surface area contributed by atoms with Gasteiger partial charge in [-0.2, -0.15) is 0 Å². The zero-order valence-electron chi connectivity index (χ0n) is 13.9. The lowest BCUT2D eigenvalue weighted by molar-refractivity contribution is 0.0221. The first-order chi connectivity index (χ1) is 11.1. The van der Waals surface area contributed by atoms with E-state index in [1.807, 2.05) is 6.92 Å². The van der Waals surface area contributed by atoms with Crippen molar-refractivity contribution in [2.24, 2.45) is 5.92 Å². The minimum atomic E-state index is -0.306. The van der Waals surface area contributed by atoms with E-state index in [2.05, 4.69) is 11.8 Å². The molecular formula is C18H25NO4. The molecule has 2 aliphatic heterocycles. The summed E-state index contributed by atoms with van der Waals surface area (Å²) in [5.41, 5.74) is 0.508. The van der Waals surface area contributed by atoms with Gasteiger partial charge in [-0.25, -0.2) is 4.79 Å². The van der Waals surface area contributed by atoms with Crippen molar-refractivity contribution in [3.8, 4) is 11.5 Å². The summed E-state index contributed by atoms with van der Waals surface area (Å²) in [6.07, 6.45) is 2.33. The number of fused-ring (bicyclic) bond motifs is 1. The average molecular weight is 319 g/mol. The minimum absolute atomic E-state index is 0.121. The molecule has 0 radical (unpaired) electrons. The molecule has 5 nitrogen and oxygen atoms in total. The Balaban J connectivity index is 1.54. The van der Waals surface area contributed by atoms with Gasteiger partial charge in [0.15, 0.2) is 11.5 Å². The number of rotatable bonds is 4. The molecule has 126 valence electrons. The van der Waals surface area contributed by atoms with Gasteiger partial charge in [0.25, 0.3) is 0 Å². The Morgan fingerprint density at radius 1 is 1.26 bits per heavy atom. The fourth-order valence-electron chi connectivity index (χ4n) is 3.07. The zero-order valence-corrected chi connectivity index (χ0v) is 13.9. The monoisotopic (exact) mass is 319 g/mol. The van der Waals surface area contributed by atoms with Gasteiger partial charge in [0.2, 0.25) is 0 Å². The van der Waals surface area contributed by atoms with Crippen LogP contribution in [0, 0.1) is 5.92 Å². The molecule has 0 bridgehead atoms. The molecule has 0 N–H and O–H groups in total. The van der Waals surface area contributed by atoms with Crippen molar-refractivity contribution >= 4 is 5.97 Å². The molecule has 0 unspecified atom stereocenters. The maximum atomic E-state index is 12.3. The summed E-state index contributed by atoms with van der Waals surface area (Å²) in [5, 5.41) is 0. The number of hydrogen-bond acceptors (Lipinski definition) is 5. The smallest absolute Gasteiger partial charge is 0.338 e. The summed E-state index contributed by atoms with van der Waals surface area (Å²) in [6.45, 7) is 8.28. The Labute approximate surface area is 137 Å². The molecule has 1 fully saturated rings. The van der Waals surface area contributed by atoms with E-state index in [1.54, 1.807) is 18.2 Å². The maximum absolute atomic E-state index is 12.3. The number of carbonyl (C=O) groups is 1. The van der Waals surface area contributed by atoms with Crippen molar-refractivity contribution < 1.29 is 19.0 Å². The maximum Gasteiger partial charge on any atom is 0.338 e. The van der Waals surface area contributed by atoms with Gasteiger partial charge in [0.1, 0.15) is 19.3 Å². The van der Waals surface area contributed by atoms with Crippen LogP contribution in [-0.2, 0) is 4.74 Å². The number of ether oxygens (including phenoxy) is 3. The molecule has 5 heteroatoms. The third-order valence-electron chi connectivity index (χ3n) is 4.48. The highest BCUT2D eigenvalue weighted by atomic mass is 16.6. The lowest BCUT2D eigenvalue weighted by Gasteiger charge is -2.31. The second kappa shape index (κ2) is 7.21. The van der Waals surface area contributed by atoms with Crippen LogP contribution in [0.4, 0.5) is 0 Å². The molecule has 0 aromatic heterocycles. The van der Waals surface area contributed by atoms with Crippen LogP contribution in [0.1, 0.15) is 37.0 Å². The number of esters is 1. The third kappa shape index (κ3) is 4.16. The third-order valence-corrected chi connectivity index (χ3v) is 4.48. The summed E-state index contributed by atoms with van der Waals surface area (Å²) in [6, 6.07) is 5.19. The number of hydrogen-bond donors (Lipinski definition) is 0. The van der Waals surface area contributed by atoms with Crippen molar-refractivity contribution in [2.45, 2.75) is 32.8 Å². The number of carbonyl (C=O) groups excluding carboxylic acids is 1. The van der Waals surface area contributed by atoms with Crippen LogP contribution in [-0.4, -0.2) is 49.8 Å². The Kier molecular flexibility index (Phi) is 5.06. The SMILES string of the molecule is CC1CCN(C[C@H](C)OC(=O)c2ccc3c(c2)OCCO3)CC1. The van der Waals surface area contributed by atoms with Gasteiger partial charge in [0.05, 0.1) is 5.56 Å². The van der Waals surface area contributed by atoms with Gasteiger partial charge in [0, 0.05) is 6.54 Å². The van der Waals surface area contributed by atoms with Crippen LogP contribution in [0.15, 0.2) is 18.2 Å². The second-order valence-corrected chi connectivity index (χ2v) is 6.56.